The van der Waals surface area contributed by atoms with Crippen LogP contribution in [0.25, 0.3) is 0 Å². The second-order valence-electron chi connectivity index (χ2n) is 3.88. The molecule has 0 aliphatic carbocycles. The van der Waals surface area contributed by atoms with Gasteiger partial charge in [-0.15, -0.1) is 0 Å². The predicted molar refractivity (Wildman–Crippen MR) is 59.9 cm³/mol. The molecule has 82 valence electrons. The quantitative estimate of drug-likeness (QED) is 0.501. The molecule has 0 unspecified atom stereocenters. The fraction of sp³-hybridized carbons (Fsp3) is 0.727. The Labute approximate surface area is 86.8 Å². The number of hydrogen-bond donors (Lipinski definition) is 2. The van der Waals surface area contributed by atoms with Crippen molar-refractivity contribution >= 4 is 5.91 Å². The Kier molecular flexibility index (Phi) is 7.11. The maximum absolute atomic E-state index is 11.4. The molecule has 0 saturated heterocycles. The maximum Gasteiger partial charge on any atom is 0.236 e. The Morgan fingerprint density at radius 1 is 1.50 bits per heavy atom. The molecular formula is C11H22N2O. The molecule has 0 aromatic heterocycles. The van der Waals surface area contributed by atoms with Crippen LogP contribution in [0.5, 0.6) is 0 Å². The van der Waals surface area contributed by atoms with E-state index >= 15 is 0 Å². The molecular weight excluding hydrogens is 176 g/mol. The van der Waals surface area contributed by atoms with Crippen LogP contribution >= 0.6 is 0 Å². The molecule has 0 heterocycles. The van der Waals surface area contributed by atoms with Gasteiger partial charge in [-0.2, -0.15) is 0 Å². The van der Waals surface area contributed by atoms with Gasteiger partial charge < -0.3 is 11.1 Å². The fourth-order valence-electron chi connectivity index (χ4n) is 1.19. The summed E-state index contributed by atoms with van der Waals surface area (Å²) in [6, 6.07) is -0.361. The van der Waals surface area contributed by atoms with Crippen molar-refractivity contribution in [1.29, 1.82) is 0 Å². The second-order valence-corrected chi connectivity index (χ2v) is 3.88. The molecule has 0 rings (SSSR count). The van der Waals surface area contributed by atoms with Crippen LogP contribution in [0.1, 0.15) is 33.6 Å². The van der Waals surface area contributed by atoms with E-state index in [1.54, 1.807) is 0 Å². The van der Waals surface area contributed by atoms with Crippen molar-refractivity contribution in [3.05, 3.63) is 12.2 Å². The summed E-state index contributed by atoms with van der Waals surface area (Å²) in [6.07, 6.45) is 5.61. The zero-order valence-corrected chi connectivity index (χ0v) is 9.42. The lowest BCUT2D eigenvalue weighted by Gasteiger charge is -2.13. The topological polar surface area (TPSA) is 55.1 Å². The Morgan fingerprint density at radius 3 is 2.64 bits per heavy atom. The van der Waals surface area contributed by atoms with Crippen molar-refractivity contribution in [2.45, 2.75) is 39.7 Å². The predicted octanol–water partition coefficient (Wildman–Crippen LogP) is 1.44. The van der Waals surface area contributed by atoms with Crippen molar-refractivity contribution in [3.8, 4) is 0 Å². The van der Waals surface area contributed by atoms with Crippen LogP contribution in [0.3, 0.4) is 0 Å². The summed E-state index contributed by atoms with van der Waals surface area (Å²) in [5, 5.41) is 2.81. The molecule has 0 bridgehead atoms. The number of nitrogens with two attached hydrogens (primary N) is 1. The third kappa shape index (κ3) is 6.66. The number of carbonyl (C=O) groups is 1. The third-order valence-electron chi connectivity index (χ3n) is 1.91. The summed E-state index contributed by atoms with van der Waals surface area (Å²) in [7, 11) is 0. The van der Waals surface area contributed by atoms with Crippen LogP contribution in [0.15, 0.2) is 12.2 Å². The van der Waals surface area contributed by atoms with Gasteiger partial charge in [0.1, 0.15) is 0 Å². The van der Waals surface area contributed by atoms with Gasteiger partial charge in [0.2, 0.25) is 5.91 Å². The Hall–Kier alpha value is -0.830. The van der Waals surface area contributed by atoms with E-state index < -0.39 is 0 Å². The van der Waals surface area contributed by atoms with Gasteiger partial charge in [0.15, 0.2) is 0 Å². The molecule has 3 heteroatoms. The molecule has 3 N–H and O–H groups in total. The van der Waals surface area contributed by atoms with Gasteiger partial charge in [-0.1, -0.05) is 26.0 Å². The third-order valence-corrected chi connectivity index (χ3v) is 1.91. The lowest BCUT2D eigenvalue weighted by molar-refractivity contribution is -0.122. The van der Waals surface area contributed by atoms with Crippen molar-refractivity contribution in [3.63, 3.8) is 0 Å². The monoisotopic (exact) mass is 198 g/mol. The number of carbonyl (C=O) groups excluding carboxylic acids is 1. The molecule has 0 spiro atoms. The summed E-state index contributed by atoms with van der Waals surface area (Å²) < 4.78 is 0. The molecule has 0 aliphatic heterocycles. The molecule has 3 nitrogen and oxygen atoms in total. The minimum absolute atomic E-state index is 0.0387. The minimum atomic E-state index is -0.361. The summed E-state index contributed by atoms with van der Waals surface area (Å²) in [6.45, 7) is 6.77. The van der Waals surface area contributed by atoms with Crippen LogP contribution in [-0.4, -0.2) is 18.5 Å². The van der Waals surface area contributed by atoms with E-state index in [2.05, 4.69) is 19.2 Å². The lowest BCUT2D eigenvalue weighted by Crippen LogP contribution is -2.41. The molecule has 0 aromatic rings. The summed E-state index contributed by atoms with van der Waals surface area (Å²) >= 11 is 0. The highest BCUT2D eigenvalue weighted by Crippen LogP contribution is 2.02. The highest BCUT2D eigenvalue weighted by Gasteiger charge is 2.13. The van der Waals surface area contributed by atoms with Gasteiger partial charge in [-0.25, -0.2) is 0 Å². The smallest absolute Gasteiger partial charge is 0.236 e. The molecule has 1 atom stereocenters. The maximum atomic E-state index is 11.4. The molecule has 0 radical (unpaired) electrons. The summed E-state index contributed by atoms with van der Waals surface area (Å²) in [5.74, 6) is 0.425. The van der Waals surface area contributed by atoms with Gasteiger partial charge in [0, 0.05) is 6.54 Å². The zero-order chi connectivity index (χ0) is 11.0. The summed E-state index contributed by atoms with van der Waals surface area (Å²) in [4.78, 5) is 11.4. The van der Waals surface area contributed by atoms with Gasteiger partial charge in [0.25, 0.3) is 0 Å². The number of amides is 1. The van der Waals surface area contributed by atoms with E-state index in [4.69, 9.17) is 5.73 Å². The Bertz CT molecular complexity index is 188. The standard InChI is InChI=1S/C11H22N2O/c1-4-5-6-7-13-11(14)10(12)8-9(2)3/h4-5,9-10H,6-8,12H2,1-3H3,(H,13,14)/b5-4+/t10-/m1/s1. The molecule has 14 heavy (non-hydrogen) atoms. The van der Waals surface area contributed by atoms with E-state index in [0.717, 1.165) is 12.8 Å². The first-order valence-electron chi connectivity index (χ1n) is 5.22. The minimum Gasteiger partial charge on any atom is -0.354 e. The number of nitrogens with one attached hydrogen (secondary N) is 1. The van der Waals surface area contributed by atoms with Crippen LogP contribution in [-0.2, 0) is 4.79 Å². The molecule has 0 aromatic carbocycles. The van der Waals surface area contributed by atoms with Gasteiger partial charge in [-0.05, 0) is 25.7 Å². The van der Waals surface area contributed by atoms with E-state index in [-0.39, 0.29) is 11.9 Å². The van der Waals surface area contributed by atoms with E-state index in [1.165, 1.54) is 0 Å². The Morgan fingerprint density at radius 2 is 2.14 bits per heavy atom. The van der Waals surface area contributed by atoms with Crippen LogP contribution in [0, 0.1) is 5.92 Å². The van der Waals surface area contributed by atoms with Gasteiger partial charge >= 0.3 is 0 Å². The summed E-state index contributed by atoms with van der Waals surface area (Å²) in [5.41, 5.74) is 5.70. The van der Waals surface area contributed by atoms with E-state index in [1.807, 2.05) is 19.1 Å². The number of rotatable bonds is 6. The molecule has 0 saturated carbocycles. The first-order valence-corrected chi connectivity index (χ1v) is 5.22. The number of allylic oxidation sites excluding steroid dienone is 1. The zero-order valence-electron chi connectivity index (χ0n) is 9.42. The van der Waals surface area contributed by atoms with Gasteiger partial charge in [0.05, 0.1) is 6.04 Å². The second kappa shape index (κ2) is 7.56. The largest absolute Gasteiger partial charge is 0.354 e. The highest BCUT2D eigenvalue weighted by molar-refractivity contribution is 5.81. The van der Waals surface area contributed by atoms with Crippen LogP contribution in [0.2, 0.25) is 0 Å². The number of hydrogen-bond acceptors (Lipinski definition) is 2. The normalized spacial score (nSPS) is 13.5. The van der Waals surface area contributed by atoms with Crippen molar-refractivity contribution in [2.75, 3.05) is 6.54 Å². The lowest BCUT2D eigenvalue weighted by atomic mass is 10.0. The first-order chi connectivity index (χ1) is 6.57. The van der Waals surface area contributed by atoms with Crippen LogP contribution < -0.4 is 11.1 Å². The molecule has 0 fully saturated rings. The van der Waals surface area contributed by atoms with Crippen molar-refractivity contribution < 1.29 is 4.79 Å². The average molecular weight is 198 g/mol. The SMILES string of the molecule is C/C=C/CCNC(=O)[C@H](N)CC(C)C. The van der Waals surface area contributed by atoms with Crippen LogP contribution in [0.4, 0.5) is 0 Å². The molecule has 1 amide bonds. The van der Waals surface area contributed by atoms with Gasteiger partial charge in [-0.3, -0.25) is 4.79 Å². The fourth-order valence-corrected chi connectivity index (χ4v) is 1.19. The molecule has 0 aliphatic rings. The first kappa shape index (κ1) is 13.2. The van der Waals surface area contributed by atoms with E-state index in [0.29, 0.717) is 12.5 Å². The Balaban J connectivity index is 3.62. The average Bonchev–Trinajstić information content (AvgIpc) is 2.11. The highest BCUT2D eigenvalue weighted by atomic mass is 16.2. The van der Waals surface area contributed by atoms with E-state index in [9.17, 15) is 4.79 Å². The van der Waals surface area contributed by atoms with Crippen molar-refractivity contribution in [1.82, 2.24) is 5.32 Å². The van der Waals surface area contributed by atoms with Crippen molar-refractivity contribution in [2.24, 2.45) is 11.7 Å².